The molecule has 38 heavy (non-hydrogen) atoms. The highest BCUT2D eigenvalue weighted by Gasteiger charge is 2.33. The molecule has 0 bridgehead atoms. The van der Waals surface area contributed by atoms with Gasteiger partial charge in [-0.05, 0) is 67.0 Å². The zero-order chi connectivity index (χ0) is 27.0. The molecule has 1 aliphatic rings. The Morgan fingerprint density at radius 3 is 2.50 bits per heavy atom. The van der Waals surface area contributed by atoms with E-state index < -0.39 is 24.0 Å². The first-order valence-electron chi connectivity index (χ1n) is 12.2. The molecule has 4 aromatic rings. The highest BCUT2D eigenvalue weighted by atomic mass is 35.5. The van der Waals surface area contributed by atoms with Crippen LogP contribution in [0.15, 0.2) is 66.9 Å². The van der Waals surface area contributed by atoms with Crippen LogP contribution in [0.4, 0.5) is 15.0 Å². The number of aromatic carboxylic acids is 1. The lowest BCUT2D eigenvalue weighted by atomic mass is 9.88. The number of hydrogen-bond donors (Lipinski definition) is 2. The Balaban J connectivity index is 1.56. The highest BCUT2D eigenvalue weighted by Crippen LogP contribution is 2.48. The molecule has 5 rings (SSSR count). The number of carboxylic acid groups (broad SMARTS) is 1. The van der Waals surface area contributed by atoms with Gasteiger partial charge in [0.15, 0.2) is 11.6 Å². The van der Waals surface area contributed by atoms with Crippen LogP contribution in [0.25, 0.3) is 16.8 Å². The first-order valence-corrected chi connectivity index (χ1v) is 12.6. The van der Waals surface area contributed by atoms with Gasteiger partial charge in [-0.15, -0.1) is 0 Å². The fraction of sp³-hybridized carbons (Fsp3) is 0.207. The zero-order valence-electron chi connectivity index (χ0n) is 20.7. The average Bonchev–Trinajstić information content (AvgIpc) is 3.67. The first-order chi connectivity index (χ1) is 18.3. The van der Waals surface area contributed by atoms with Crippen LogP contribution in [-0.2, 0) is 4.74 Å². The number of benzene rings is 3. The second-order valence-corrected chi connectivity index (χ2v) is 9.66. The molecule has 0 unspecified atom stereocenters. The number of rotatable bonds is 7. The number of aromatic nitrogens is 2. The predicted octanol–water partition coefficient (Wildman–Crippen LogP) is 7.53. The number of anilines is 1. The molecule has 1 atom stereocenters. The largest absolute Gasteiger partial charge is 0.478 e. The van der Waals surface area contributed by atoms with Crippen molar-refractivity contribution in [2.24, 2.45) is 0 Å². The van der Waals surface area contributed by atoms with Gasteiger partial charge in [0.05, 0.1) is 17.4 Å². The summed E-state index contributed by atoms with van der Waals surface area (Å²) >= 11 is 6.20. The van der Waals surface area contributed by atoms with Gasteiger partial charge in [-0.1, -0.05) is 60.1 Å². The van der Waals surface area contributed by atoms with Crippen molar-refractivity contribution in [3.05, 3.63) is 100.0 Å². The summed E-state index contributed by atoms with van der Waals surface area (Å²) in [5.74, 6) is -2.09. The molecular formula is C29H25ClFN3O4. The molecule has 2 N–H and O–H groups in total. The van der Waals surface area contributed by atoms with Crippen LogP contribution < -0.4 is 5.32 Å². The Labute approximate surface area is 223 Å². The van der Waals surface area contributed by atoms with E-state index in [0.29, 0.717) is 16.1 Å². The maximum absolute atomic E-state index is 14.9. The molecule has 1 aliphatic carbocycles. The molecule has 7 nitrogen and oxygen atoms in total. The molecule has 0 spiro atoms. The summed E-state index contributed by atoms with van der Waals surface area (Å²) < 4.78 is 21.5. The van der Waals surface area contributed by atoms with E-state index in [9.17, 15) is 19.1 Å². The fourth-order valence-electron chi connectivity index (χ4n) is 4.79. The van der Waals surface area contributed by atoms with E-state index in [1.54, 1.807) is 44.2 Å². The van der Waals surface area contributed by atoms with Crippen molar-refractivity contribution in [3.8, 4) is 16.8 Å². The molecule has 9 heteroatoms. The van der Waals surface area contributed by atoms with Crippen LogP contribution in [0.5, 0.6) is 0 Å². The van der Waals surface area contributed by atoms with Crippen LogP contribution in [-0.4, -0.2) is 26.9 Å². The van der Waals surface area contributed by atoms with Crippen molar-refractivity contribution >= 4 is 29.5 Å². The van der Waals surface area contributed by atoms with E-state index in [1.165, 1.54) is 0 Å². The normalized spacial score (nSPS) is 13.7. The molecule has 0 saturated heterocycles. The number of nitrogens with one attached hydrogen (secondary N) is 1. The minimum atomic E-state index is -1.17. The molecule has 0 aliphatic heterocycles. The number of carbonyl (C=O) groups is 2. The van der Waals surface area contributed by atoms with E-state index >= 15 is 0 Å². The Morgan fingerprint density at radius 2 is 1.84 bits per heavy atom. The second kappa shape index (κ2) is 10.3. The van der Waals surface area contributed by atoms with Crippen LogP contribution in [0.1, 0.15) is 58.8 Å². The summed E-state index contributed by atoms with van der Waals surface area (Å²) in [5, 5.41) is 17.1. The number of nitrogens with zero attached hydrogens (tertiary/aromatic N) is 2. The SMILES string of the molecule is Cc1c(C(=O)O)c(-n2ncc(F)c2NC(=O)O[C@H](C)c2ccccc2Cl)cc(-c2ccccc2)c1C1CC1. The van der Waals surface area contributed by atoms with Crippen molar-refractivity contribution in [2.75, 3.05) is 5.32 Å². The van der Waals surface area contributed by atoms with Gasteiger partial charge in [0.1, 0.15) is 6.10 Å². The lowest BCUT2D eigenvalue weighted by molar-refractivity contribution is 0.0695. The van der Waals surface area contributed by atoms with Crippen molar-refractivity contribution in [2.45, 2.75) is 38.7 Å². The number of halogens is 2. The minimum Gasteiger partial charge on any atom is -0.478 e. The summed E-state index contributed by atoms with van der Waals surface area (Å²) in [7, 11) is 0. The maximum atomic E-state index is 14.9. The van der Waals surface area contributed by atoms with Crippen LogP contribution >= 0.6 is 11.6 Å². The van der Waals surface area contributed by atoms with Crippen molar-refractivity contribution in [1.82, 2.24) is 9.78 Å². The summed E-state index contributed by atoms with van der Waals surface area (Å²) in [6, 6.07) is 18.2. The third-order valence-corrected chi connectivity index (χ3v) is 7.04. The van der Waals surface area contributed by atoms with E-state index in [-0.39, 0.29) is 23.0 Å². The van der Waals surface area contributed by atoms with E-state index in [1.807, 2.05) is 30.3 Å². The Hall–Kier alpha value is -4.17. The number of hydrogen-bond acceptors (Lipinski definition) is 4. The van der Waals surface area contributed by atoms with Gasteiger partial charge in [-0.2, -0.15) is 5.10 Å². The zero-order valence-corrected chi connectivity index (χ0v) is 21.5. The van der Waals surface area contributed by atoms with Gasteiger partial charge in [-0.25, -0.2) is 18.7 Å². The van der Waals surface area contributed by atoms with Crippen molar-refractivity contribution in [1.29, 1.82) is 0 Å². The lowest BCUT2D eigenvalue weighted by Crippen LogP contribution is -2.20. The summed E-state index contributed by atoms with van der Waals surface area (Å²) in [5.41, 5.74) is 4.03. The number of amides is 1. The first kappa shape index (κ1) is 25.5. The smallest absolute Gasteiger partial charge is 0.413 e. The minimum absolute atomic E-state index is 0.00414. The molecule has 1 fully saturated rings. The van der Waals surface area contributed by atoms with Gasteiger partial charge in [0.2, 0.25) is 0 Å². The number of carboxylic acids is 1. The molecule has 1 aromatic heterocycles. The average molecular weight is 534 g/mol. The van der Waals surface area contributed by atoms with Gasteiger partial charge >= 0.3 is 12.1 Å². The molecule has 1 saturated carbocycles. The standard InChI is InChI=1S/C29H25ClFN3O4/c1-16-25(19-12-13-19)21(18-8-4-3-5-9-18)14-24(26(16)28(35)36)34-27(23(31)15-32-34)33-29(37)38-17(2)20-10-6-7-11-22(20)30/h3-11,14-15,17,19H,12-13H2,1-2H3,(H,33,37)(H,35,36)/t17-/m1/s1. The predicted molar refractivity (Wildman–Crippen MR) is 143 cm³/mol. The van der Waals surface area contributed by atoms with E-state index in [2.05, 4.69) is 10.4 Å². The fourth-order valence-corrected chi connectivity index (χ4v) is 5.08. The molecule has 1 heterocycles. The van der Waals surface area contributed by atoms with Crippen LogP contribution in [0.3, 0.4) is 0 Å². The third kappa shape index (κ3) is 4.87. The van der Waals surface area contributed by atoms with Gasteiger partial charge in [0.25, 0.3) is 0 Å². The summed E-state index contributed by atoms with van der Waals surface area (Å²) in [4.78, 5) is 25.2. The Bertz CT molecular complexity index is 1530. The number of carbonyl (C=O) groups excluding carboxylic acids is 1. The van der Waals surface area contributed by atoms with Crippen molar-refractivity contribution in [3.63, 3.8) is 0 Å². The van der Waals surface area contributed by atoms with Crippen molar-refractivity contribution < 1.29 is 23.8 Å². The van der Waals surface area contributed by atoms with E-state index in [0.717, 1.165) is 40.4 Å². The summed E-state index contributed by atoms with van der Waals surface area (Å²) in [6.45, 7) is 3.41. The quantitative estimate of drug-likeness (QED) is 0.256. The molecule has 194 valence electrons. The van der Waals surface area contributed by atoms with Crippen LogP contribution in [0.2, 0.25) is 5.02 Å². The molecule has 3 aromatic carbocycles. The highest BCUT2D eigenvalue weighted by molar-refractivity contribution is 6.31. The van der Waals surface area contributed by atoms with Gasteiger partial charge < -0.3 is 9.84 Å². The molecule has 0 radical (unpaired) electrons. The van der Waals surface area contributed by atoms with Gasteiger partial charge in [-0.3, -0.25) is 5.32 Å². The second-order valence-electron chi connectivity index (χ2n) is 9.25. The number of ether oxygens (including phenoxy) is 1. The lowest BCUT2D eigenvalue weighted by Gasteiger charge is -2.20. The molecular weight excluding hydrogens is 509 g/mol. The van der Waals surface area contributed by atoms with E-state index in [4.69, 9.17) is 16.3 Å². The monoisotopic (exact) mass is 533 g/mol. The topological polar surface area (TPSA) is 93.5 Å². The van der Waals surface area contributed by atoms with Gasteiger partial charge in [0, 0.05) is 10.6 Å². The molecule has 1 amide bonds. The third-order valence-electron chi connectivity index (χ3n) is 6.69. The Morgan fingerprint density at radius 1 is 1.16 bits per heavy atom. The summed E-state index contributed by atoms with van der Waals surface area (Å²) in [6.07, 6.45) is 1.20. The Kier molecular flexibility index (Phi) is 6.91. The van der Waals surface area contributed by atoms with Crippen LogP contribution in [0, 0.1) is 12.7 Å². The maximum Gasteiger partial charge on any atom is 0.413 e.